The predicted molar refractivity (Wildman–Crippen MR) is 104 cm³/mol. The van der Waals surface area contributed by atoms with Crippen molar-refractivity contribution in [3.63, 3.8) is 0 Å². The molecule has 0 saturated carbocycles. The molecule has 0 heterocycles. The molecule has 7 heteroatoms. The van der Waals surface area contributed by atoms with Crippen LogP contribution >= 0.6 is 11.6 Å². The molecule has 0 fully saturated rings. The van der Waals surface area contributed by atoms with Crippen LogP contribution in [0, 0.1) is 0 Å². The van der Waals surface area contributed by atoms with E-state index in [2.05, 4.69) is 17.8 Å². The summed E-state index contributed by atoms with van der Waals surface area (Å²) >= 11 is 5.77. The number of carbonyl (C=O) groups is 1. The summed E-state index contributed by atoms with van der Waals surface area (Å²) in [6.45, 7) is 2.19. The summed E-state index contributed by atoms with van der Waals surface area (Å²) < 4.78 is 23.9. The Bertz CT molecular complexity index is 603. The van der Waals surface area contributed by atoms with Crippen molar-refractivity contribution in [2.45, 2.75) is 58.3 Å². The van der Waals surface area contributed by atoms with Gasteiger partial charge in [-0.15, -0.1) is 0 Å². The minimum absolute atomic E-state index is 0.0658. The third-order valence-electron chi connectivity index (χ3n) is 3.85. The van der Waals surface area contributed by atoms with E-state index >= 15 is 0 Å². The summed E-state index contributed by atoms with van der Waals surface area (Å²) in [7, 11) is -3.37. The van der Waals surface area contributed by atoms with Crippen LogP contribution in [0.5, 0.6) is 0 Å². The second-order valence-electron chi connectivity index (χ2n) is 6.25. The number of carbonyl (C=O) groups excluding carboxylic acids is 1. The summed E-state index contributed by atoms with van der Waals surface area (Å²) in [5.41, 5.74) is 5.70. The highest BCUT2D eigenvalue weighted by Gasteiger charge is 2.16. The molecule has 25 heavy (non-hydrogen) atoms. The molecule has 0 aliphatic heterocycles. The normalized spacial score (nSPS) is 11.3. The van der Waals surface area contributed by atoms with Crippen molar-refractivity contribution < 1.29 is 13.2 Å². The lowest BCUT2D eigenvalue weighted by Gasteiger charge is -2.09. The van der Waals surface area contributed by atoms with Gasteiger partial charge in [0, 0.05) is 5.02 Å². The van der Waals surface area contributed by atoms with Crippen LogP contribution in [-0.2, 0) is 14.6 Å². The van der Waals surface area contributed by atoms with Crippen molar-refractivity contribution in [2.75, 3.05) is 16.9 Å². The largest absolute Gasteiger partial charge is 0.299 e. The molecule has 0 spiro atoms. The lowest BCUT2D eigenvalue weighted by atomic mass is 10.1. The molecule has 5 nitrogen and oxygen atoms in total. The molecule has 1 aromatic carbocycles. The standard InChI is InChI=1S/C18H29ClN2O3S/c1-2-3-4-5-6-7-8-9-14-25(23,24)15-18(22)21-20-17-12-10-16(19)11-13-17/h10-13,20H,2-9,14-15H2,1H3,(H,21,22). The highest BCUT2D eigenvalue weighted by atomic mass is 35.5. The average molecular weight is 389 g/mol. The highest BCUT2D eigenvalue weighted by Crippen LogP contribution is 2.12. The maximum atomic E-state index is 12.0. The molecule has 0 radical (unpaired) electrons. The fourth-order valence-electron chi connectivity index (χ4n) is 2.44. The Hall–Kier alpha value is -1.27. The monoisotopic (exact) mass is 388 g/mol. The Morgan fingerprint density at radius 3 is 2.12 bits per heavy atom. The van der Waals surface area contributed by atoms with Crippen LogP contribution < -0.4 is 10.9 Å². The van der Waals surface area contributed by atoms with E-state index in [9.17, 15) is 13.2 Å². The minimum Gasteiger partial charge on any atom is -0.299 e. The molecule has 142 valence electrons. The molecule has 1 aromatic rings. The fraction of sp³-hybridized carbons (Fsp3) is 0.611. The number of rotatable bonds is 13. The molecular formula is C18H29ClN2O3S. The zero-order chi connectivity index (χ0) is 18.5. The molecular weight excluding hydrogens is 360 g/mol. The van der Waals surface area contributed by atoms with Gasteiger partial charge in [-0.05, 0) is 30.7 Å². The van der Waals surface area contributed by atoms with Crippen LogP contribution in [0.1, 0.15) is 58.3 Å². The summed E-state index contributed by atoms with van der Waals surface area (Å²) in [6.07, 6.45) is 8.72. The fourth-order valence-corrected chi connectivity index (χ4v) is 3.82. The van der Waals surface area contributed by atoms with E-state index in [0.717, 1.165) is 19.3 Å². The van der Waals surface area contributed by atoms with E-state index in [1.54, 1.807) is 24.3 Å². The SMILES string of the molecule is CCCCCCCCCCS(=O)(=O)CC(=O)NNc1ccc(Cl)cc1. The number of benzene rings is 1. The first-order chi connectivity index (χ1) is 11.9. The number of nitrogens with one attached hydrogen (secondary N) is 2. The van der Waals surface area contributed by atoms with E-state index in [4.69, 9.17) is 11.6 Å². The quantitative estimate of drug-likeness (QED) is 0.389. The van der Waals surface area contributed by atoms with E-state index in [1.165, 1.54) is 25.7 Å². The number of anilines is 1. The second kappa shape index (κ2) is 12.1. The van der Waals surface area contributed by atoms with Crippen molar-refractivity contribution in [3.05, 3.63) is 29.3 Å². The minimum atomic E-state index is -3.37. The summed E-state index contributed by atoms with van der Waals surface area (Å²) in [5, 5.41) is 0.588. The summed E-state index contributed by atoms with van der Waals surface area (Å²) in [5.74, 6) is -0.991. The molecule has 0 unspecified atom stereocenters. The Balaban J connectivity index is 2.16. The van der Waals surface area contributed by atoms with Gasteiger partial charge in [0.2, 0.25) is 0 Å². The van der Waals surface area contributed by atoms with Gasteiger partial charge >= 0.3 is 0 Å². The molecule has 1 amide bonds. The first-order valence-corrected chi connectivity index (χ1v) is 11.1. The predicted octanol–water partition coefficient (Wildman–Crippen LogP) is 4.34. The van der Waals surface area contributed by atoms with Gasteiger partial charge in [0.05, 0.1) is 11.4 Å². The molecule has 0 aromatic heterocycles. The van der Waals surface area contributed by atoms with E-state index in [1.807, 2.05) is 0 Å². The van der Waals surface area contributed by atoms with Crippen molar-refractivity contribution in [3.8, 4) is 0 Å². The number of sulfone groups is 1. The smallest absolute Gasteiger partial charge is 0.253 e. The van der Waals surface area contributed by atoms with Crippen molar-refractivity contribution in [1.82, 2.24) is 5.43 Å². The topological polar surface area (TPSA) is 75.3 Å². The van der Waals surface area contributed by atoms with Gasteiger partial charge in [-0.2, -0.15) is 0 Å². The lowest BCUT2D eigenvalue weighted by Crippen LogP contribution is -2.35. The molecule has 0 bridgehead atoms. The maximum Gasteiger partial charge on any atom is 0.253 e. The van der Waals surface area contributed by atoms with E-state index in [-0.39, 0.29) is 5.75 Å². The molecule has 1 rings (SSSR count). The number of halogens is 1. The van der Waals surface area contributed by atoms with Crippen LogP contribution in [-0.4, -0.2) is 25.8 Å². The maximum absolute atomic E-state index is 12.0. The zero-order valence-electron chi connectivity index (χ0n) is 14.9. The molecule has 0 saturated heterocycles. The van der Waals surface area contributed by atoms with Gasteiger partial charge in [-0.3, -0.25) is 15.6 Å². The first kappa shape index (κ1) is 21.8. The third-order valence-corrected chi connectivity index (χ3v) is 5.72. The van der Waals surface area contributed by atoms with Gasteiger partial charge in [0.15, 0.2) is 9.84 Å². The molecule has 0 atom stereocenters. The Morgan fingerprint density at radius 1 is 0.960 bits per heavy atom. The van der Waals surface area contributed by atoms with E-state index < -0.39 is 21.5 Å². The Kier molecular flexibility index (Phi) is 10.6. The van der Waals surface area contributed by atoms with Crippen LogP contribution in [0.25, 0.3) is 0 Å². The number of unbranched alkanes of at least 4 members (excludes halogenated alkanes) is 7. The van der Waals surface area contributed by atoms with Gasteiger partial charge in [0.25, 0.3) is 5.91 Å². The van der Waals surface area contributed by atoms with Crippen LogP contribution in [0.15, 0.2) is 24.3 Å². The number of hydrogen-bond donors (Lipinski definition) is 2. The summed E-state index contributed by atoms with van der Waals surface area (Å²) in [6, 6.07) is 6.74. The number of hydrazine groups is 1. The third kappa shape index (κ3) is 11.1. The summed E-state index contributed by atoms with van der Waals surface area (Å²) in [4.78, 5) is 11.8. The van der Waals surface area contributed by atoms with Crippen molar-refractivity contribution in [1.29, 1.82) is 0 Å². The number of amides is 1. The van der Waals surface area contributed by atoms with Crippen molar-refractivity contribution >= 4 is 33.0 Å². The first-order valence-electron chi connectivity index (χ1n) is 8.94. The molecule has 0 aliphatic rings. The molecule has 0 aliphatic carbocycles. The lowest BCUT2D eigenvalue weighted by molar-refractivity contribution is -0.118. The Morgan fingerprint density at radius 2 is 1.52 bits per heavy atom. The second-order valence-corrected chi connectivity index (χ2v) is 8.87. The Labute approximate surface area is 156 Å². The van der Waals surface area contributed by atoms with Crippen LogP contribution in [0.2, 0.25) is 5.02 Å². The van der Waals surface area contributed by atoms with Crippen molar-refractivity contribution in [2.24, 2.45) is 0 Å². The average Bonchev–Trinajstić information content (AvgIpc) is 2.56. The number of hydrogen-bond acceptors (Lipinski definition) is 4. The van der Waals surface area contributed by atoms with E-state index in [0.29, 0.717) is 17.1 Å². The van der Waals surface area contributed by atoms with Gasteiger partial charge in [-0.1, -0.05) is 63.5 Å². The zero-order valence-corrected chi connectivity index (χ0v) is 16.5. The van der Waals surface area contributed by atoms with Gasteiger partial charge in [-0.25, -0.2) is 8.42 Å². The van der Waals surface area contributed by atoms with Gasteiger partial charge in [0.1, 0.15) is 5.75 Å². The van der Waals surface area contributed by atoms with Crippen LogP contribution in [0.4, 0.5) is 5.69 Å². The highest BCUT2D eigenvalue weighted by molar-refractivity contribution is 7.92. The molecule has 2 N–H and O–H groups in total. The van der Waals surface area contributed by atoms with Gasteiger partial charge < -0.3 is 0 Å². The van der Waals surface area contributed by atoms with Crippen LogP contribution in [0.3, 0.4) is 0 Å².